The molecule has 182 valence electrons. The summed E-state index contributed by atoms with van der Waals surface area (Å²) in [6.07, 6.45) is 4.89. The van der Waals surface area contributed by atoms with Crippen LogP contribution in [-0.2, 0) is 4.79 Å². The fraction of sp³-hybridized carbons (Fsp3) is 0.0345. The zero-order valence-electron chi connectivity index (χ0n) is 19.7. The van der Waals surface area contributed by atoms with Crippen LogP contribution in [0.4, 0.5) is 0 Å². The first kappa shape index (κ1) is 23.5. The monoisotopic (exact) mass is 489 g/mol. The number of hydrogen-bond acceptors (Lipinski definition) is 5. The van der Waals surface area contributed by atoms with Crippen molar-refractivity contribution in [3.05, 3.63) is 121 Å². The van der Waals surface area contributed by atoms with Crippen LogP contribution in [0.5, 0.6) is 5.75 Å². The lowest BCUT2D eigenvalue weighted by atomic mass is 10.1. The average molecular weight is 490 g/mol. The first-order chi connectivity index (χ1) is 18.2. The third-order valence-corrected chi connectivity index (χ3v) is 5.56. The van der Waals surface area contributed by atoms with E-state index in [2.05, 4.69) is 20.9 Å². The summed E-state index contributed by atoms with van der Waals surface area (Å²) in [6.45, 7) is -0.275. The lowest BCUT2D eigenvalue weighted by Crippen LogP contribution is -2.43. The van der Waals surface area contributed by atoms with Crippen LogP contribution in [-0.4, -0.2) is 33.2 Å². The molecule has 2 heterocycles. The predicted molar refractivity (Wildman–Crippen MR) is 140 cm³/mol. The minimum absolute atomic E-state index is 0.275. The lowest BCUT2D eigenvalue weighted by Gasteiger charge is -2.12. The maximum atomic E-state index is 13.1. The Balaban J connectivity index is 1.28. The van der Waals surface area contributed by atoms with Crippen LogP contribution in [0.3, 0.4) is 0 Å². The first-order valence-electron chi connectivity index (χ1n) is 11.6. The molecule has 0 bridgehead atoms. The fourth-order valence-corrected chi connectivity index (χ4v) is 3.79. The van der Waals surface area contributed by atoms with Crippen LogP contribution in [0.2, 0.25) is 0 Å². The second kappa shape index (κ2) is 11.0. The van der Waals surface area contributed by atoms with Crippen LogP contribution in [0, 0.1) is 0 Å². The van der Waals surface area contributed by atoms with E-state index >= 15 is 0 Å². The first-order valence-corrected chi connectivity index (χ1v) is 11.6. The summed E-state index contributed by atoms with van der Waals surface area (Å²) < 4.78 is 7.37. The van der Waals surface area contributed by atoms with Gasteiger partial charge < -0.3 is 4.74 Å². The van der Waals surface area contributed by atoms with Crippen molar-refractivity contribution in [1.82, 2.24) is 25.6 Å². The molecule has 2 N–H and O–H groups in total. The summed E-state index contributed by atoms with van der Waals surface area (Å²) in [5.74, 6) is -0.452. The number of carbonyl (C=O) groups excluding carboxylic acids is 2. The molecule has 3 aromatic carbocycles. The topological polar surface area (TPSA) is 98.1 Å². The molecule has 8 heteroatoms. The third-order valence-electron chi connectivity index (χ3n) is 5.56. The van der Waals surface area contributed by atoms with Crippen molar-refractivity contribution in [3.63, 3.8) is 0 Å². The highest BCUT2D eigenvalue weighted by Gasteiger charge is 2.19. The van der Waals surface area contributed by atoms with Crippen molar-refractivity contribution in [3.8, 4) is 33.8 Å². The summed E-state index contributed by atoms with van der Waals surface area (Å²) in [5, 5.41) is 4.59. The van der Waals surface area contributed by atoms with Crippen molar-refractivity contribution < 1.29 is 14.3 Å². The molecular weight excluding hydrogens is 466 g/mol. The van der Waals surface area contributed by atoms with Gasteiger partial charge in [-0.15, -0.1) is 0 Å². The Bertz CT molecular complexity index is 1500. The maximum absolute atomic E-state index is 13.1. The number of carbonyl (C=O) groups is 2. The Morgan fingerprint density at radius 2 is 1.49 bits per heavy atom. The van der Waals surface area contributed by atoms with Gasteiger partial charge in [-0.25, -0.2) is 4.68 Å². The van der Waals surface area contributed by atoms with E-state index in [-0.39, 0.29) is 12.2 Å². The molecule has 37 heavy (non-hydrogen) atoms. The number of benzene rings is 3. The zero-order valence-corrected chi connectivity index (χ0v) is 19.7. The van der Waals surface area contributed by atoms with Gasteiger partial charge in [-0.3, -0.25) is 25.4 Å². The molecule has 0 aliphatic carbocycles. The predicted octanol–water partition coefficient (Wildman–Crippen LogP) is 4.44. The molecule has 0 aliphatic rings. The van der Waals surface area contributed by atoms with Gasteiger partial charge in [0.25, 0.3) is 11.8 Å². The maximum Gasteiger partial charge on any atom is 0.276 e. The quantitative estimate of drug-likeness (QED) is 0.330. The Morgan fingerprint density at radius 3 is 2.24 bits per heavy atom. The lowest BCUT2D eigenvalue weighted by molar-refractivity contribution is -0.123. The van der Waals surface area contributed by atoms with Gasteiger partial charge >= 0.3 is 0 Å². The molecule has 0 radical (unpaired) electrons. The summed E-state index contributed by atoms with van der Waals surface area (Å²) in [7, 11) is 0. The molecule has 5 rings (SSSR count). The minimum Gasteiger partial charge on any atom is -0.483 e. The summed E-state index contributed by atoms with van der Waals surface area (Å²) in [5.41, 5.74) is 8.93. The van der Waals surface area contributed by atoms with Crippen molar-refractivity contribution in [1.29, 1.82) is 0 Å². The van der Waals surface area contributed by atoms with Crippen molar-refractivity contribution in [2.24, 2.45) is 0 Å². The van der Waals surface area contributed by atoms with E-state index in [1.165, 1.54) is 0 Å². The van der Waals surface area contributed by atoms with Gasteiger partial charge in [0.05, 0.1) is 11.3 Å². The van der Waals surface area contributed by atoms with Crippen molar-refractivity contribution in [2.75, 3.05) is 6.61 Å². The van der Waals surface area contributed by atoms with Crippen LogP contribution in [0.15, 0.2) is 116 Å². The highest BCUT2D eigenvalue weighted by molar-refractivity contribution is 6.00. The molecule has 5 aromatic rings. The molecule has 0 aliphatic heterocycles. The largest absolute Gasteiger partial charge is 0.483 e. The van der Waals surface area contributed by atoms with Crippen LogP contribution < -0.4 is 15.6 Å². The molecular formula is C29H23N5O3. The molecule has 8 nitrogen and oxygen atoms in total. The molecule has 2 aromatic heterocycles. The number of rotatable bonds is 7. The van der Waals surface area contributed by atoms with E-state index < -0.39 is 11.8 Å². The minimum atomic E-state index is -0.515. The van der Waals surface area contributed by atoms with Gasteiger partial charge in [-0.2, -0.15) is 5.10 Å². The number of hydrazine groups is 1. The van der Waals surface area contributed by atoms with Gasteiger partial charge in [-0.05, 0) is 35.9 Å². The Morgan fingerprint density at radius 1 is 0.784 bits per heavy atom. The zero-order chi connectivity index (χ0) is 25.5. The number of nitrogens with zero attached hydrogens (tertiary/aromatic N) is 3. The molecule has 0 saturated carbocycles. The number of amides is 2. The van der Waals surface area contributed by atoms with Crippen LogP contribution in [0.1, 0.15) is 10.4 Å². The smallest absolute Gasteiger partial charge is 0.276 e. The Kier molecular flexibility index (Phi) is 6.99. The van der Waals surface area contributed by atoms with Crippen LogP contribution >= 0.6 is 0 Å². The highest BCUT2D eigenvalue weighted by Crippen LogP contribution is 2.29. The number of para-hydroxylation sites is 2. The molecule has 0 spiro atoms. The van der Waals surface area contributed by atoms with Gasteiger partial charge in [0, 0.05) is 29.7 Å². The molecule has 0 atom stereocenters. The number of ether oxygens (including phenoxy) is 1. The van der Waals surface area contributed by atoms with Crippen molar-refractivity contribution >= 4 is 11.8 Å². The van der Waals surface area contributed by atoms with Crippen molar-refractivity contribution in [2.45, 2.75) is 0 Å². The highest BCUT2D eigenvalue weighted by atomic mass is 16.5. The van der Waals surface area contributed by atoms with E-state index in [4.69, 9.17) is 4.74 Å². The number of aromatic nitrogens is 3. The fourth-order valence-electron chi connectivity index (χ4n) is 3.79. The summed E-state index contributed by atoms with van der Waals surface area (Å²) >= 11 is 0. The molecule has 2 amide bonds. The van der Waals surface area contributed by atoms with E-state index in [1.54, 1.807) is 35.4 Å². The standard InChI is InChI=1S/C29H23N5O3/c35-27(20-37-26-16-8-7-15-24(26)21-10-3-1-4-11-21)31-32-29(36)25-19-34(23-13-5-2-6-14-23)33-28(25)22-12-9-17-30-18-22/h1-19H,20H2,(H,31,35)(H,32,36). The number of nitrogens with one attached hydrogen (secondary N) is 2. The molecule has 0 fully saturated rings. The Hall–Kier alpha value is -5.24. The van der Waals surface area contributed by atoms with Crippen LogP contribution in [0.25, 0.3) is 28.1 Å². The van der Waals surface area contributed by atoms with E-state index in [9.17, 15) is 9.59 Å². The van der Waals surface area contributed by atoms with E-state index in [0.717, 1.165) is 16.8 Å². The third kappa shape index (κ3) is 5.54. The number of hydrogen-bond donors (Lipinski definition) is 2. The second-order valence-electron chi connectivity index (χ2n) is 8.07. The summed E-state index contributed by atoms with van der Waals surface area (Å²) in [4.78, 5) is 29.7. The van der Waals surface area contributed by atoms with Gasteiger partial charge in [-0.1, -0.05) is 66.7 Å². The van der Waals surface area contributed by atoms with E-state index in [1.807, 2.05) is 84.9 Å². The second-order valence-corrected chi connectivity index (χ2v) is 8.07. The molecule has 0 unspecified atom stereocenters. The SMILES string of the molecule is O=C(COc1ccccc1-c1ccccc1)NNC(=O)c1cn(-c2ccccc2)nc1-c1cccnc1. The number of pyridine rings is 1. The Labute approximate surface area is 213 Å². The van der Waals surface area contributed by atoms with Gasteiger partial charge in [0.15, 0.2) is 6.61 Å². The average Bonchev–Trinajstić information content (AvgIpc) is 3.42. The summed E-state index contributed by atoms with van der Waals surface area (Å²) in [6, 6.07) is 30.2. The molecule has 0 saturated heterocycles. The van der Waals surface area contributed by atoms with E-state index in [0.29, 0.717) is 17.0 Å². The normalized spacial score (nSPS) is 10.5. The van der Waals surface area contributed by atoms with Gasteiger partial charge in [0.1, 0.15) is 11.4 Å². The van der Waals surface area contributed by atoms with Gasteiger partial charge in [0.2, 0.25) is 0 Å².